The largest absolute Gasteiger partial charge is 0.495 e. The molecule has 42 heavy (non-hydrogen) atoms. The highest BCUT2D eigenvalue weighted by molar-refractivity contribution is 7.92. The lowest BCUT2D eigenvalue weighted by atomic mass is 10.1. The predicted octanol–water partition coefficient (Wildman–Crippen LogP) is 6.23. The molecule has 0 aromatic heterocycles. The fraction of sp³-hybridized carbons (Fsp3) is 0.355. The van der Waals surface area contributed by atoms with Gasteiger partial charge in [-0.2, -0.15) is 0 Å². The van der Waals surface area contributed by atoms with Crippen molar-refractivity contribution in [3.63, 3.8) is 0 Å². The first kappa shape index (κ1) is 33.2. The van der Waals surface area contributed by atoms with E-state index in [9.17, 15) is 18.0 Å². The summed E-state index contributed by atoms with van der Waals surface area (Å²) in [6.07, 6.45) is 1.03. The summed E-state index contributed by atoms with van der Waals surface area (Å²) >= 11 is 12.4. The number of benzene rings is 3. The molecule has 0 aliphatic carbocycles. The molecule has 226 valence electrons. The van der Waals surface area contributed by atoms with Crippen LogP contribution in [0.5, 0.6) is 5.75 Å². The lowest BCUT2D eigenvalue weighted by Crippen LogP contribution is -2.53. The fourth-order valence-electron chi connectivity index (χ4n) is 4.36. The van der Waals surface area contributed by atoms with Crippen molar-refractivity contribution in [3.05, 3.63) is 87.9 Å². The van der Waals surface area contributed by atoms with Gasteiger partial charge in [0.25, 0.3) is 10.0 Å². The maximum Gasteiger partial charge on any atom is 0.264 e. The van der Waals surface area contributed by atoms with Gasteiger partial charge in [-0.15, -0.1) is 0 Å². The van der Waals surface area contributed by atoms with Crippen molar-refractivity contribution in [2.75, 3.05) is 18.0 Å². The van der Waals surface area contributed by atoms with Crippen LogP contribution in [0, 0.1) is 6.92 Å². The summed E-state index contributed by atoms with van der Waals surface area (Å²) in [6, 6.07) is 16.9. The van der Waals surface area contributed by atoms with Gasteiger partial charge in [-0.25, -0.2) is 8.42 Å². The molecule has 0 bridgehead atoms. The number of amides is 2. The zero-order chi connectivity index (χ0) is 31.0. The van der Waals surface area contributed by atoms with Crippen LogP contribution >= 0.6 is 23.2 Å². The van der Waals surface area contributed by atoms with Gasteiger partial charge in [0.15, 0.2) is 0 Å². The lowest BCUT2D eigenvalue weighted by Gasteiger charge is -2.34. The third kappa shape index (κ3) is 8.18. The van der Waals surface area contributed by atoms with Crippen LogP contribution in [0.3, 0.4) is 0 Å². The molecule has 0 saturated heterocycles. The van der Waals surface area contributed by atoms with E-state index in [1.807, 2.05) is 27.7 Å². The summed E-state index contributed by atoms with van der Waals surface area (Å²) < 4.78 is 34.7. The molecule has 3 aromatic carbocycles. The maximum absolute atomic E-state index is 14.2. The van der Waals surface area contributed by atoms with E-state index in [-0.39, 0.29) is 39.8 Å². The summed E-state index contributed by atoms with van der Waals surface area (Å²) in [5.41, 5.74) is 1.71. The Hall–Kier alpha value is -3.27. The smallest absolute Gasteiger partial charge is 0.264 e. The Morgan fingerprint density at radius 2 is 1.55 bits per heavy atom. The fourth-order valence-corrected chi connectivity index (χ4v) is 6.06. The van der Waals surface area contributed by atoms with E-state index >= 15 is 0 Å². The number of carbonyl (C=O) groups excluding carboxylic acids is 2. The van der Waals surface area contributed by atoms with Gasteiger partial charge in [0, 0.05) is 22.6 Å². The number of nitrogens with zero attached hydrogens (tertiary/aromatic N) is 2. The van der Waals surface area contributed by atoms with Gasteiger partial charge < -0.3 is 15.0 Å². The quantitative estimate of drug-likeness (QED) is 0.241. The van der Waals surface area contributed by atoms with E-state index in [0.717, 1.165) is 15.4 Å². The number of sulfonamides is 1. The topological polar surface area (TPSA) is 96.0 Å². The third-order valence-electron chi connectivity index (χ3n) is 6.95. The van der Waals surface area contributed by atoms with Crippen LogP contribution in [0.15, 0.2) is 71.6 Å². The van der Waals surface area contributed by atoms with Crippen molar-refractivity contribution in [1.82, 2.24) is 10.2 Å². The zero-order valence-electron chi connectivity index (χ0n) is 24.4. The van der Waals surface area contributed by atoms with Gasteiger partial charge in [-0.1, -0.05) is 66.9 Å². The van der Waals surface area contributed by atoms with E-state index in [4.69, 9.17) is 27.9 Å². The number of anilines is 1. The minimum absolute atomic E-state index is 0.00580. The Morgan fingerprint density at radius 1 is 0.929 bits per heavy atom. The Morgan fingerprint density at radius 3 is 2.12 bits per heavy atom. The Balaban J connectivity index is 2.12. The summed E-state index contributed by atoms with van der Waals surface area (Å²) in [4.78, 5) is 29.0. The van der Waals surface area contributed by atoms with E-state index in [0.29, 0.717) is 17.9 Å². The van der Waals surface area contributed by atoms with Gasteiger partial charge in [0.2, 0.25) is 11.8 Å². The normalized spacial score (nSPS) is 12.7. The molecule has 8 nitrogen and oxygen atoms in total. The highest BCUT2D eigenvalue weighted by atomic mass is 35.5. The van der Waals surface area contributed by atoms with Crippen molar-refractivity contribution in [2.24, 2.45) is 0 Å². The first-order chi connectivity index (χ1) is 19.9. The minimum Gasteiger partial charge on any atom is -0.495 e. The van der Waals surface area contributed by atoms with Crippen molar-refractivity contribution >= 4 is 50.7 Å². The van der Waals surface area contributed by atoms with Crippen LogP contribution in [0.25, 0.3) is 0 Å². The van der Waals surface area contributed by atoms with Gasteiger partial charge in [0.05, 0.1) is 17.7 Å². The molecule has 0 radical (unpaired) electrons. The van der Waals surface area contributed by atoms with Crippen molar-refractivity contribution in [1.29, 1.82) is 0 Å². The summed E-state index contributed by atoms with van der Waals surface area (Å²) in [5.74, 6) is -0.676. The molecule has 11 heteroatoms. The number of hydrogen-bond donors (Lipinski definition) is 1. The minimum atomic E-state index is -4.27. The molecule has 0 aliphatic rings. The van der Waals surface area contributed by atoms with Crippen LogP contribution in [0.2, 0.25) is 10.0 Å². The van der Waals surface area contributed by atoms with E-state index in [1.165, 1.54) is 30.2 Å². The standard InChI is InChI=1S/C31H37Cl2N3O5S/c1-6-22(4)34-31(38)27(7-2)35(19-23-10-12-24(32)13-11-23)30(37)20-36(28-18-25(33)14-17-29(28)41-5)42(39,40)26-15-8-21(3)9-16-26/h8-18,22,27H,6-7,19-20H2,1-5H3,(H,34,38)/t22-,27+/m0/s1. The average molecular weight is 635 g/mol. The number of carbonyl (C=O) groups is 2. The van der Waals surface area contributed by atoms with Gasteiger partial charge >= 0.3 is 0 Å². The molecule has 0 fully saturated rings. The molecule has 0 unspecified atom stereocenters. The van der Waals surface area contributed by atoms with Crippen molar-refractivity contribution in [3.8, 4) is 5.75 Å². The molecular weight excluding hydrogens is 597 g/mol. The SMILES string of the molecule is CC[C@H](C(=O)N[C@@H](C)CC)N(Cc1ccc(Cl)cc1)C(=O)CN(c1cc(Cl)ccc1OC)S(=O)(=O)c1ccc(C)cc1. The van der Waals surface area contributed by atoms with Crippen LogP contribution in [0.1, 0.15) is 44.7 Å². The molecular formula is C31H37Cl2N3O5S. The van der Waals surface area contributed by atoms with Crippen molar-refractivity contribution < 1.29 is 22.7 Å². The van der Waals surface area contributed by atoms with Crippen LogP contribution in [-0.4, -0.2) is 50.9 Å². The highest BCUT2D eigenvalue weighted by Crippen LogP contribution is 2.35. The predicted molar refractivity (Wildman–Crippen MR) is 168 cm³/mol. The van der Waals surface area contributed by atoms with E-state index in [1.54, 1.807) is 48.5 Å². The van der Waals surface area contributed by atoms with Crippen LogP contribution in [-0.2, 0) is 26.2 Å². The second kappa shape index (κ2) is 14.8. The molecule has 3 rings (SSSR count). The highest BCUT2D eigenvalue weighted by Gasteiger charge is 2.35. The number of rotatable bonds is 13. The first-order valence-electron chi connectivity index (χ1n) is 13.7. The maximum atomic E-state index is 14.2. The van der Waals surface area contributed by atoms with Gasteiger partial charge in [0.1, 0.15) is 18.3 Å². The Bertz CT molecular complexity index is 1480. The summed E-state index contributed by atoms with van der Waals surface area (Å²) in [7, 11) is -2.87. The molecule has 0 saturated carbocycles. The summed E-state index contributed by atoms with van der Waals surface area (Å²) in [5, 5.41) is 3.75. The number of nitrogens with one attached hydrogen (secondary N) is 1. The number of hydrogen-bond acceptors (Lipinski definition) is 5. The zero-order valence-corrected chi connectivity index (χ0v) is 26.8. The second-order valence-electron chi connectivity index (χ2n) is 10.0. The number of aryl methyl sites for hydroxylation is 1. The molecule has 2 amide bonds. The molecule has 1 N–H and O–H groups in total. The van der Waals surface area contributed by atoms with Gasteiger partial charge in [-0.05, 0) is 74.7 Å². The van der Waals surface area contributed by atoms with Crippen LogP contribution in [0.4, 0.5) is 5.69 Å². The summed E-state index contributed by atoms with van der Waals surface area (Å²) in [6.45, 7) is 6.96. The van der Waals surface area contributed by atoms with E-state index < -0.39 is 28.5 Å². The third-order valence-corrected chi connectivity index (χ3v) is 9.21. The molecule has 3 aromatic rings. The Kier molecular flexibility index (Phi) is 11.7. The number of methoxy groups -OCH3 is 1. The second-order valence-corrected chi connectivity index (χ2v) is 12.8. The molecule has 0 heterocycles. The lowest BCUT2D eigenvalue weighted by molar-refractivity contribution is -0.140. The van der Waals surface area contributed by atoms with E-state index in [2.05, 4.69) is 5.32 Å². The first-order valence-corrected chi connectivity index (χ1v) is 15.9. The van der Waals surface area contributed by atoms with Crippen LogP contribution < -0.4 is 14.4 Å². The Labute approximate surface area is 258 Å². The number of ether oxygens (including phenoxy) is 1. The van der Waals surface area contributed by atoms with Gasteiger partial charge in [-0.3, -0.25) is 13.9 Å². The average Bonchev–Trinajstić information content (AvgIpc) is 2.96. The molecule has 0 aliphatic heterocycles. The monoisotopic (exact) mass is 633 g/mol. The van der Waals surface area contributed by atoms with Crippen molar-refractivity contribution in [2.45, 2.75) is 64.1 Å². The molecule has 0 spiro atoms. The number of halogens is 2. The molecule has 2 atom stereocenters.